The van der Waals surface area contributed by atoms with Crippen LogP contribution in [0.25, 0.3) is 5.57 Å². The maximum Gasteiger partial charge on any atom is 0.282 e. The van der Waals surface area contributed by atoms with Gasteiger partial charge in [0.15, 0.2) is 0 Å². The molecule has 1 heterocycles. The van der Waals surface area contributed by atoms with Gasteiger partial charge in [0.25, 0.3) is 11.8 Å². The molecule has 1 aliphatic heterocycles. The van der Waals surface area contributed by atoms with Gasteiger partial charge >= 0.3 is 0 Å². The summed E-state index contributed by atoms with van der Waals surface area (Å²) < 4.78 is 13.5. The topological polar surface area (TPSA) is 49.4 Å². The van der Waals surface area contributed by atoms with Gasteiger partial charge < -0.3 is 5.32 Å². The van der Waals surface area contributed by atoms with E-state index in [2.05, 4.69) is 5.32 Å². The van der Waals surface area contributed by atoms with E-state index in [9.17, 15) is 14.0 Å². The number of amides is 2. The normalized spacial score (nSPS) is 13.9. The Hall–Kier alpha value is -3.44. The minimum Gasteiger partial charge on any atom is -0.350 e. The van der Waals surface area contributed by atoms with Crippen molar-refractivity contribution in [3.63, 3.8) is 0 Å². The molecular weight excluding hydrogens is 415 g/mol. The van der Waals surface area contributed by atoms with Crippen LogP contribution in [0.5, 0.6) is 0 Å². The lowest BCUT2D eigenvalue weighted by Gasteiger charge is -2.18. The summed E-state index contributed by atoms with van der Waals surface area (Å²) in [5, 5.41) is 3.65. The number of rotatable bonds is 4. The maximum absolute atomic E-state index is 13.5. The second-order valence-corrected chi connectivity index (χ2v) is 7.99. The van der Waals surface area contributed by atoms with Crippen LogP contribution in [0.3, 0.4) is 0 Å². The summed E-state index contributed by atoms with van der Waals surface area (Å²) in [7, 11) is 0. The number of imide groups is 1. The van der Waals surface area contributed by atoms with Gasteiger partial charge in [0.1, 0.15) is 11.5 Å². The second kappa shape index (κ2) is 8.00. The van der Waals surface area contributed by atoms with Crippen molar-refractivity contribution in [3.8, 4) is 0 Å². The van der Waals surface area contributed by atoms with Crippen molar-refractivity contribution in [2.75, 3.05) is 10.2 Å². The molecule has 3 aromatic rings. The lowest BCUT2D eigenvalue weighted by molar-refractivity contribution is -0.120. The fourth-order valence-corrected chi connectivity index (χ4v) is 3.81. The summed E-state index contributed by atoms with van der Waals surface area (Å²) in [6.07, 6.45) is 0. The third-order valence-corrected chi connectivity index (χ3v) is 5.63. The zero-order valence-electron chi connectivity index (χ0n) is 17.3. The summed E-state index contributed by atoms with van der Waals surface area (Å²) in [5.74, 6) is -1.38. The summed E-state index contributed by atoms with van der Waals surface area (Å²) >= 11 is 6.05. The average Bonchev–Trinajstić information content (AvgIpc) is 2.96. The predicted molar refractivity (Wildman–Crippen MR) is 122 cm³/mol. The van der Waals surface area contributed by atoms with Crippen molar-refractivity contribution in [2.45, 2.75) is 20.8 Å². The molecule has 3 aromatic carbocycles. The highest BCUT2D eigenvalue weighted by Gasteiger charge is 2.40. The monoisotopic (exact) mass is 434 g/mol. The first kappa shape index (κ1) is 20.8. The Morgan fingerprint density at radius 1 is 0.806 bits per heavy atom. The molecule has 6 heteroatoms. The van der Waals surface area contributed by atoms with Gasteiger partial charge in [-0.2, -0.15) is 0 Å². The smallest absolute Gasteiger partial charge is 0.282 e. The number of benzene rings is 3. The summed E-state index contributed by atoms with van der Waals surface area (Å²) in [5.41, 5.74) is 4.80. The van der Waals surface area contributed by atoms with Crippen molar-refractivity contribution in [2.24, 2.45) is 0 Å². The molecule has 0 spiro atoms. The van der Waals surface area contributed by atoms with Crippen molar-refractivity contribution in [1.82, 2.24) is 0 Å². The zero-order chi connectivity index (χ0) is 22.3. The van der Waals surface area contributed by atoms with Crippen LogP contribution in [0, 0.1) is 26.6 Å². The quantitative estimate of drug-likeness (QED) is 0.528. The molecule has 4 rings (SSSR count). The molecule has 0 atom stereocenters. The van der Waals surface area contributed by atoms with Gasteiger partial charge in [0.05, 0.1) is 11.3 Å². The molecule has 0 aromatic heterocycles. The van der Waals surface area contributed by atoms with E-state index in [1.54, 1.807) is 25.1 Å². The molecule has 4 nitrogen and oxygen atoms in total. The van der Waals surface area contributed by atoms with Crippen LogP contribution in [0.1, 0.15) is 22.3 Å². The van der Waals surface area contributed by atoms with E-state index >= 15 is 0 Å². The van der Waals surface area contributed by atoms with Crippen molar-refractivity contribution >= 4 is 40.4 Å². The number of carbonyl (C=O) groups excluding carboxylic acids is 2. The Bertz CT molecular complexity index is 1250. The molecule has 0 radical (unpaired) electrons. The van der Waals surface area contributed by atoms with E-state index < -0.39 is 17.6 Å². The standard InChI is InChI=1S/C25H20ClFN2O2/c1-14-4-10-20(13-15(14)2)28-23-22(17-5-8-19(27)9-6-17)24(30)29(25(23)31)21-11-7-18(26)12-16(21)3/h4-13,28H,1-3H3. The van der Waals surface area contributed by atoms with Crippen LogP contribution in [0.4, 0.5) is 15.8 Å². The number of hydrogen-bond donors (Lipinski definition) is 1. The van der Waals surface area contributed by atoms with E-state index in [0.717, 1.165) is 16.0 Å². The number of nitrogens with zero attached hydrogens (tertiary/aromatic N) is 1. The van der Waals surface area contributed by atoms with Crippen LogP contribution in [-0.4, -0.2) is 11.8 Å². The zero-order valence-corrected chi connectivity index (χ0v) is 18.0. The Morgan fingerprint density at radius 3 is 2.16 bits per heavy atom. The second-order valence-electron chi connectivity index (χ2n) is 7.56. The van der Waals surface area contributed by atoms with Gasteiger partial charge in [-0.25, -0.2) is 9.29 Å². The molecule has 1 aliphatic rings. The highest BCUT2D eigenvalue weighted by molar-refractivity contribution is 6.46. The molecule has 0 saturated heterocycles. The first-order chi connectivity index (χ1) is 14.8. The minimum atomic E-state index is -0.479. The van der Waals surface area contributed by atoms with Gasteiger partial charge in [-0.05, 0) is 85.5 Å². The number of carbonyl (C=O) groups is 2. The lowest BCUT2D eigenvalue weighted by Crippen LogP contribution is -2.33. The molecule has 31 heavy (non-hydrogen) atoms. The van der Waals surface area contributed by atoms with Crippen LogP contribution in [0.15, 0.2) is 66.4 Å². The predicted octanol–water partition coefficient (Wildman–Crippen LogP) is 5.80. The largest absolute Gasteiger partial charge is 0.350 e. The molecule has 2 amide bonds. The van der Waals surface area contributed by atoms with Crippen LogP contribution >= 0.6 is 11.6 Å². The average molecular weight is 435 g/mol. The van der Waals surface area contributed by atoms with Gasteiger partial charge in [-0.3, -0.25) is 9.59 Å². The van der Waals surface area contributed by atoms with E-state index in [1.165, 1.54) is 24.3 Å². The van der Waals surface area contributed by atoms with E-state index in [1.807, 2.05) is 32.0 Å². The van der Waals surface area contributed by atoms with Gasteiger partial charge in [-0.1, -0.05) is 29.8 Å². The summed E-state index contributed by atoms with van der Waals surface area (Å²) in [6.45, 7) is 5.76. The van der Waals surface area contributed by atoms with Crippen LogP contribution in [0.2, 0.25) is 5.02 Å². The minimum absolute atomic E-state index is 0.147. The number of anilines is 2. The fraction of sp³-hybridized carbons (Fsp3) is 0.120. The number of nitrogens with one attached hydrogen (secondary N) is 1. The van der Waals surface area contributed by atoms with Crippen LogP contribution in [-0.2, 0) is 9.59 Å². The Labute approximate surface area is 185 Å². The summed E-state index contributed by atoms with van der Waals surface area (Å²) in [6, 6.07) is 16.2. The van der Waals surface area contributed by atoms with Gasteiger partial charge in [-0.15, -0.1) is 0 Å². The highest BCUT2D eigenvalue weighted by atomic mass is 35.5. The molecule has 0 bridgehead atoms. The Kier molecular flexibility index (Phi) is 5.38. The number of aryl methyl sites for hydroxylation is 3. The highest BCUT2D eigenvalue weighted by Crippen LogP contribution is 2.36. The van der Waals surface area contributed by atoms with Gasteiger partial charge in [0.2, 0.25) is 0 Å². The molecule has 1 N–H and O–H groups in total. The van der Waals surface area contributed by atoms with Crippen LogP contribution < -0.4 is 10.2 Å². The number of hydrogen-bond acceptors (Lipinski definition) is 3. The van der Waals surface area contributed by atoms with Gasteiger partial charge in [0, 0.05) is 10.7 Å². The molecule has 0 unspecified atom stereocenters. The third kappa shape index (κ3) is 3.84. The Morgan fingerprint density at radius 2 is 1.52 bits per heavy atom. The van der Waals surface area contributed by atoms with Crippen molar-refractivity contribution < 1.29 is 14.0 Å². The van der Waals surface area contributed by atoms with E-state index in [-0.39, 0.29) is 11.3 Å². The Balaban J connectivity index is 1.84. The molecular formula is C25H20ClFN2O2. The molecule has 0 fully saturated rings. The van der Waals surface area contributed by atoms with Crippen molar-refractivity contribution in [3.05, 3.63) is 99.5 Å². The van der Waals surface area contributed by atoms with E-state index in [0.29, 0.717) is 27.5 Å². The first-order valence-corrected chi connectivity index (χ1v) is 10.1. The van der Waals surface area contributed by atoms with Crippen molar-refractivity contribution in [1.29, 1.82) is 0 Å². The fourth-order valence-electron chi connectivity index (χ4n) is 3.58. The third-order valence-electron chi connectivity index (χ3n) is 5.39. The SMILES string of the molecule is Cc1ccc(NC2=C(c3ccc(F)cc3)C(=O)N(c3ccc(Cl)cc3C)C2=O)cc1C. The summed E-state index contributed by atoms with van der Waals surface area (Å²) in [4.78, 5) is 28.0. The first-order valence-electron chi connectivity index (χ1n) is 9.75. The molecule has 0 aliphatic carbocycles. The lowest BCUT2D eigenvalue weighted by atomic mass is 10.0. The molecule has 0 saturated carbocycles. The number of halogens is 2. The van der Waals surface area contributed by atoms with E-state index in [4.69, 9.17) is 11.6 Å². The molecule has 156 valence electrons. The maximum atomic E-state index is 13.5.